The summed E-state index contributed by atoms with van der Waals surface area (Å²) >= 11 is 3.57. The largest absolute Gasteiger partial charge is 0.365 e. The quantitative estimate of drug-likeness (QED) is 0.857. The third-order valence-electron chi connectivity index (χ3n) is 5.23. The van der Waals surface area contributed by atoms with Crippen LogP contribution in [0, 0.1) is 5.92 Å². The number of amides is 1. The number of pyridine rings is 1. The van der Waals surface area contributed by atoms with Gasteiger partial charge in [-0.1, -0.05) is 25.0 Å². The van der Waals surface area contributed by atoms with Crippen LogP contribution in [0.5, 0.6) is 0 Å². The summed E-state index contributed by atoms with van der Waals surface area (Å²) in [4.78, 5) is 19.3. The van der Waals surface area contributed by atoms with Crippen LogP contribution in [0.1, 0.15) is 32.1 Å². The van der Waals surface area contributed by atoms with E-state index in [2.05, 4.69) is 33.4 Å². The third kappa shape index (κ3) is 3.14. The molecule has 0 radical (unpaired) electrons. The molecule has 1 aromatic heterocycles. The van der Waals surface area contributed by atoms with Crippen molar-refractivity contribution >= 4 is 38.6 Å². The van der Waals surface area contributed by atoms with Crippen LogP contribution in [0.25, 0.3) is 10.9 Å². The van der Waals surface area contributed by atoms with Crippen molar-refractivity contribution in [3.8, 4) is 0 Å². The number of fused-ring (bicyclic) bond motifs is 1. The van der Waals surface area contributed by atoms with Crippen molar-refractivity contribution in [2.24, 2.45) is 5.92 Å². The van der Waals surface area contributed by atoms with Gasteiger partial charge in [-0.3, -0.25) is 4.79 Å². The lowest BCUT2D eigenvalue weighted by Gasteiger charge is -2.21. The van der Waals surface area contributed by atoms with Gasteiger partial charge < -0.3 is 10.2 Å². The lowest BCUT2D eigenvalue weighted by Crippen LogP contribution is -2.35. The summed E-state index contributed by atoms with van der Waals surface area (Å²) in [7, 11) is 0. The smallest absolute Gasteiger partial charge is 0.225 e. The molecule has 1 aromatic carbocycles. The fourth-order valence-corrected chi connectivity index (χ4v) is 4.38. The van der Waals surface area contributed by atoms with E-state index in [0.717, 1.165) is 53.5 Å². The summed E-state index contributed by atoms with van der Waals surface area (Å²) in [6.45, 7) is 1.66. The van der Waals surface area contributed by atoms with Gasteiger partial charge in [-0.05, 0) is 53.4 Å². The molecule has 1 aliphatic heterocycles. The van der Waals surface area contributed by atoms with E-state index in [0.29, 0.717) is 11.9 Å². The first-order valence-electron chi connectivity index (χ1n) is 8.81. The molecule has 1 saturated heterocycles. The standard InChI is InChI=1S/C19H22BrN3O/c20-16-7-3-6-13-8-9-17(22-18(13)16)21-15-10-11-23(12-15)19(24)14-4-1-2-5-14/h3,6-9,14-15H,1-2,4-5,10-12H2,(H,21,22). The summed E-state index contributed by atoms with van der Waals surface area (Å²) in [5.41, 5.74) is 0.972. The number of hydrogen-bond donors (Lipinski definition) is 1. The number of anilines is 1. The van der Waals surface area contributed by atoms with Gasteiger partial charge in [0, 0.05) is 34.9 Å². The number of para-hydroxylation sites is 1. The van der Waals surface area contributed by atoms with Crippen LogP contribution in [0.2, 0.25) is 0 Å². The summed E-state index contributed by atoms with van der Waals surface area (Å²) in [6.07, 6.45) is 5.57. The molecule has 1 atom stereocenters. The van der Waals surface area contributed by atoms with Crippen LogP contribution < -0.4 is 5.32 Å². The number of benzene rings is 1. The Balaban J connectivity index is 1.43. The Bertz CT molecular complexity index is 757. The second kappa shape index (κ2) is 6.71. The van der Waals surface area contributed by atoms with Gasteiger partial charge in [0.25, 0.3) is 0 Å². The number of carbonyl (C=O) groups excluding carboxylic acids is 1. The van der Waals surface area contributed by atoms with E-state index in [1.54, 1.807) is 0 Å². The van der Waals surface area contributed by atoms with Crippen molar-refractivity contribution in [1.82, 2.24) is 9.88 Å². The van der Waals surface area contributed by atoms with Crippen molar-refractivity contribution in [2.45, 2.75) is 38.1 Å². The minimum Gasteiger partial charge on any atom is -0.365 e. The highest BCUT2D eigenvalue weighted by molar-refractivity contribution is 9.10. The van der Waals surface area contributed by atoms with Crippen molar-refractivity contribution in [3.05, 3.63) is 34.8 Å². The van der Waals surface area contributed by atoms with E-state index >= 15 is 0 Å². The summed E-state index contributed by atoms with van der Waals surface area (Å²) in [5.74, 6) is 1.53. The van der Waals surface area contributed by atoms with Crippen molar-refractivity contribution in [1.29, 1.82) is 0 Å². The van der Waals surface area contributed by atoms with Crippen LogP contribution in [-0.4, -0.2) is 34.9 Å². The molecule has 5 heteroatoms. The molecule has 2 aromatic rings. The van der Waals surface area contributed by atoms with Crippen LogP contribution in [0.3, 0.4) is 0 Å². The van der Waals surface area contributed by atoms with E-state index in [4.69, 9.17) is 4.98 Å². The van der Waals surface area contributed by atoms with Crippen LogP contribution in [0.4, 0.5) is 5.82 Å². The third-order valence-corrected chi connectivity index (χ3v) is 5.87. The lowest BCUT2D eigenvalue weighted by atomic mass is 10.1. The fraction of sp³-hybridized carbons (Fsp3) is 0.474. The van der Waals surface area contributed by atoms with E-state index in [1.807, 2.05) is 23.1 Å². The second-order valence-corrected chi connectivity index (χ2v) is 7.76. The zero-order valence-corrected chi connectivity index (χ0v) is 15.3. The van der Waals surface area contributed by atoms with Gasteiger partial charge >= 0.3 is 0 Å². The highest BCUT2D eigenvalue weighted by atomic mass is 79.9. The molecular weight excluding hydrogens is 366 g/mol. The zero-order chi connectivity index (χ0) is 16.5. The first-order valence-corrected chi connectivity index (χ1v) is 9.60. The van der Waals surface area contributed by atoms with Gasteiger partial charge in [0.1, 0.15) is 5.82 Å². The number of nitrogens with one attached hydrogen (secondary N) is 1. The number of hydrogen-bond acceptors (Lipinski definition) is 3. The van der Waals surface area contributed by atoms with E-state index in [1.165, 1.54) is 12.8 Å². The predicted molar refractivity (Wildman–Crippen MR) is 100 cm³/mol. The van der Waals surface area contributed by atoms with Crippen LogP contribution in [-0.2, 0) is 4.79 Å². The minimum atomic E-state index is 0.276. The fourth-order valence-electron chi connectivity index (χ4n) is 3.91. The molecule has 2 fully saturated rings. The van der Waals surface area contributed by atoms with Crippen molar-refractivity contribution in [3.63, 3.8) is 0 Å². The molecule has 2 heterocycles. The molecule has 1 amide bonds. The molecule has 1 aliphatic carbocycles. The molecule has 4 nitrogen and oxygen atoms in total. The number of halogens is 1. The van der Waals surface area contributed by atoms with Crippen LogP contribution >= 0.6 is 15.9 Å². The molecule has 0 bridgehead atoms. The lowest BCUT2D eigenvalue weighted by molar-refractivity contribution is -0.134. The van der Waals surface area contributed by atoms with Crippen molar-refractivity contribution in [2.75, 3.05) is 18.4 Å². The molecule has 2 aliphatic rings. The zero-order valence-electron chi connectivity index (χ0n) is 13.7. The van der Waals surface area contributed by atoms with E-state index in [-0.39, 0.29) is 5.92 Å². The Morgan fingerprint density at radius 2 is 2.00 bits per heavy atom. The number of carbonyl (C=O) groups is 1. The molecule has 24 heavy (non-hydrogen) atoms. The maximum atomic E-state index is 12.5. The minimum absolute atomic E-state index is 0.276. The van der Waals surface area contributed by atoms with Crippen molar-refractivity contribution < 1.29 is 4.79 Å². The predicted octanol–water partition coefficient (Wildman–Crippen LogP) is 4.20. The molecule has 0 spiro atoms. The average Bonchev–Trinajstić information content (AvgIpc) is 3.27. The SMILES string of the molecule is O=C(C1CCCC1)N1CCC(Nc2ccc3cccc(Br)c3n2)C1. The van der Waals surface area contributed by atoms with Gasteiger partial charge in [-0.15, -0.1) is 0 Å². The number of nitrogens with zero attached hydrogens (tertiary/aromatic N) is 2. The Kier molecular flexibility index (Phi) is 4.44. The average molecular weight is 388 g/mol. The highest BCUT2D eigenvalue weighted by Gasteiger charge is 2.32. The maximum Gasteiger partial charge on any atom is 0.225 e. The first-order chi connectivity index (χ1) is 11.7. The highest BCUT2D eigenvalue weighted by Crippen LogP contribution is 2.29. The monoisotopic (exact) mass is 387 g/mol. The van der Waals surface area contributed by atoms with E-state index < -0.39 is 0 Å². The molecule has 4 rings (SSSR count). The molecular formula is C19H22BrN3O. The summed E-state index contributed by atoms with van der Waals surface area (Å²) < 4.78 is 1.01. The van der Waals surface area contributed by atoms with Gasteiger partial charge in [0.2, 0.25) is 5.91 Å². The normalized spacial score (nSPS) is 21.5. The first kappa shape index (κ1) is 15.9. The molecule has 1 saturated carbocycles. The van der Waals surface area contributed by atoms with Gasteiger partial charge in [-0.2, -0.15) is 0 Å². The maximum absolute atomic E-state index is 12.5. The Labute approximate surface area is 150 Å². The van der Waals surface area contributed by atoms with Gasteiger partial charge in [0.05, 0.1) is 5.52 Å². The molecule has 1 N–H and O–H groups in total. The Morgan fingerprint density at radius 3 is 2.83 bits per heavy atom. The molecule has 1 unspecified atom stereocenters. The van der Waals surface area contributed by atoms with Gasteiger partial charge in [0.15, 0.2) is 0 Å². The van der Waals surface area contributed by atoms with Gasteiger partial charge in [-0.25, -0.2) is 4.98 Å². The van der Waals surface area contributed by atoms with E-state index in [9.17, 15) is 4.79 Å². The summed E-state index contributed by atoms with van der Waals surface area (Å²) in [6, 6.07) is 10.5. The Morgan fingerprint density at radius 1 is 1.17 bits per heavy atom. The Hall–Kier alpha value is -1.62. The molecule has 126 valence electrons. The summed E-state index contributed by atoms with van der Waals surface area (Å²) in [5, 5.41) is 4.63. The number of rotatable bonds is 3. The number of aromatic nitrogens is 1. The second-order valence-electron chi connectivity index (χ2n) is 6.90. The van der Waals surface area contributed by atoms with Crippen LogP contribution in [0.15, 0.2) is 34.8 Å². The topological polar surface area (TPSA) is 45.2 Å². The number of likely N-dealkylation sites (tertiary alicyclic amines) is 1.